The zero-order chi connectivity index (χ0) is 17.0. The number of carbonyl (C=O) groups excluding carboxylic acids is 1. The van der Waals surface area contributed by atoms with Crippen molar-refractivity contribution in [3.63, 3.8) is 0 Å². The third-order valence-corrected chi connectivity index (χ3v) is 3.77. The quantitative estimate of drug-likeness (QED) is 0.744. The molecule has 23 heavy (non-hydrogen) atoms. The maximum atomic E-state index is 12.9. The summed E-state index contributed by atoms with van der Waals surface area (Å²) in [5, 5.41) is 6.34. The van der Waals surface area contributed by atoms with Crippen molar-refractivity contribution in [2.75, 3.05) is 19.8 Å². The fraction of sp³-hybridized carbons (Fsp3) is 0.733. The smallest absolute Gasteiger partial charge is 0.382 e. The minimum absolute atomic E-state index is 0.0757. The Morgan fingerprint density at radius 1 is 1.52 bits per heavy atom. The van der Waals surface area contributed by atoms with Gasteiger partial charge in [-0.3, -0.25) is 9.48 Å². The molecule has 0 aromatic carbocycles. The van der Waals surface area contributed by atoms with Crippen molar-refractivity contribution in [3.8, 4) is 0 Å². The van der Waals surface area contributed by atoms with Crippen molar-refractivity contribution in [1.29, 1.82) is 0 Å². The van der Waals surface area contributed by atoms with Crippen LogP contribution in [-0.2, 0) is 15.7 Å². The first-order valence-corrected chi connectivity index (χ1v) is 7.86. The van der Waals surface area contributed by atoms with Crippen molar-refractivity contribution in [2.45, 2.75) is 51.2 Å². The van der Waals surface area contributed by atoms with Gasteiger partial charge in [0.15, 0.2) is 5.69 Å². The Bertz CT molecular complexity index is 539. The highest BCUT2D eigenvalue weighted by Crippen LogP contribution is 2.42. The maximum absolute atomic E-state index is 12.9. The van der Waals surface area contributed by atoms with Crippen molar-refractivity contribution >= 4 is 5.91 Å². The Morgan fingerprint density at radius 3 is 2.78 bits per heavy atom. The Morgan fingerprint density at radius 2 is 2.22 bits per heavy atom. The molecule has 1 atom stereocenters. The van der Waals surface area contributed by atoms with Gasteiger partial charge in [-0.2, -0.15) is 18.3 Å². The highest BCUT2D eigenvalue weighted by atomic mass is 19.4. The average Bonchev–Trinajstić information content (AvgIpc) is 3.23. The molecule has 1 fully saturated rings. The molecule has 0 spiro atoms. The molecule has 1 aromatic heterocycles. The number of amides is 1. The highest BCUT2D eigenvalue weighted by Gasteiger charge is 2.39. The van der Waals surface area contributed by atoms with Crippen LogP contribution in [0.1, 0.15) is 56.5 Å². The van der Waals surface area contributed by atoms with Crippen LogP contribution in [0.3, 0.4) is 0 Å². The van der Waals surface area contributed by atoms with Gasteiger partial charge in [0.05, 0.1) is 0 Å². The fourth-order valence-corrected chi connectivity index (χ4v) is 2.33. The Balaban J connectivity index is 2.01. The molecule has 1 heterocycles. The lowest BCUT2D eigenvalue weighted by Gasteiger charge is -2.15. The van der Waals surface area contributed by atoms with Crippen LogP contribution in [0.2, 0.25) is 0 Å². The van der Waals surface area contributed by atoms with E-state index in [1.807, 2.05) is 6.92 Å². The van der Waals surface area contributed by atoms with Gasteiger partial charge >= 0.3 is 6.18 Å². The summed E-state index contributed by atoms with van der Waals surface area (Å²) in [6.07, 6.45) is -2.16. The highest BCUT2D eigenvalue weighted by molar-refractivity contribution is 5.79. The van der Waals surface area contributed by atoms with Crippen LogP contribution in [0.15, 0.2) is 6.07 Å². The number of aromatic nitrogens is 2. The van der Waals surface area contributed by atoms with E-state index >= 15 is 0 Å². The molecular weight excluding hydrogens is 311 g/mol. The summed E-state index contributed by atoms with van der Waals surface area (Å²) in [6.45, 7) is 5.03. The topological polar surface area (TPSA) is 56.1 Å². The molecule has 1 amide bonds. The molecule has 5 nitrogen and oxygen atoms in total. The first kappa shape index (κ1) is 17.8. The summed E-state index contributed by atoms with van der Waals surface area (Å²) in [7, 11) is 0. The number of carbonyl (C=O) groups is 1. The number of halogens is 3. The monoisotopic (exact) mass is 333 g/mol. The van der Waals surface area contributed by atoms with Crippen molar-refractivity contribution in [3.05, 3.63) is 17.5 Å². The van der Waals surface area contributed by atoms with E-state index in [2.05, 4.69) is 10.4 Å². The van der Waals surface area contributed by atoms with E-state index in [0.717, 1.165) is 18.9 Å². The number of hydrogen-bond donors (Lipinski definition) is 1. The summed E-state index contributed by atoms with van der Waals surface area (Å²) in [5.74, 6) is -0.257. The van der Waals surface area contributed by atoms with E-state index in [4.69, 9.17) is 4.74 Å². The molecule has 1 N–H and O–H groups in total. The first-order valence-electron chi connectivity index (χ1n) is 7.86. The Kier molecular flexibility index (Phi) is 5.67. The predicted molar refractivity (Wildman–Crippen MR) is 78.0 cm³/mol. The van der Waals surface area contributed by atoms with Gasteiger partial charge in [-0.25, -0.2) is 0 Å². The van der Waals surface area contributed by atoms with Crippen LogP contribution in [0.25, 0.3) is 0 Å². The van der Waals surface area contributed by atoms with Crippen LogP contribution in [0.4, 0.5) is 13.2 Å². The van der Waals surface area contributed by atoms with Crippen LogP contribution in [0, 0.1) is 0 Å². The normalized spacial score (nSPS) is 16.4. The molecule has 130 valence electrons. The SMILES string of the molecule is CCOCCCNC(=O)C(C)n1nc(C(F)(F)F)cc1C1CC1. The largest absolute Gasteiger partial charge is 0.435 e. The number of ether oxygens (including phenoxy) is 1. The maximum Gasteiger partial charge on any atom is 0.435 e. The van der Waals surface area contributed by atoms with Crippen LogP contribution in [0.5, 0.6) is 0 Å². The molecule has 8 heteroatoms. The Labute approximate surface area is 133 Å². The summed E-state index contributed by atoms with van der Waals surface area (Å²) in [6, 6.07) is 0.296. The van der Waals surface area contributed by atoms with Gasteiger partial charge in [-0.05, 0) is 39.2 Å². The predicted octanol–water partition coefficient (Wildman–Crippen LogP) is 2.88. The Hall–Kier alpha value is -1.57. The van der Waals surface area contributed by atoms with E-state index in [-0.39, 0.29) is 11.8 Å². The fourth-order valence-electron chi connectivity index (χ4n) is 2.33. The zero-order valence-electron chi connectivity index (χ0n) is 13.3. The third-order valence-electron chi connectivity index (χ3n) is 3.77. The summed E-state index contributed by atoms with van der Waals surface area (Å²) >= 11 is 0. The van der Waals surface area contributed by atoms with Crippen LogP contribution in [-0.4, -0.2) is 35.4 Å². The number of alkyl halides is 3. The minimum atomic E-state index is -4.50. The average molecular weight is 333 g/mol. The molecule has 2 rings (SSSR count). The van der Waals surface area contributed by atoms with Crippen molar-refractivity contribution in [1.82, 2.24) is 15.1 Å². The van der Waals surface area contributed by atoms with E-state index < -0.39 is 17.9 Å². The van der Waals surface area contributed by atoms with Crippen LogP contribution >= 0.6 is 0 Å². The number of nitrogens with zero attached hydrogens (tertiary/aromatic N) is 2. The molecule has 0 aliphatic heterocycles. The number of nitrogens with one attached hydrogen (secondary N) is 1. The molecule has 1 aromatic rings. The van der Waals surface area contributed by atoms with E-state index in [1.165, 1.54) is 4.68 Å². The van der Waals surface area contributed by atoms with Gasteiger partial charge in [0.2, 0.25) is 5.91 Å². The van der Waals surface area contributed by atoms with Crippen molar-refractivity contribution < 1.29 is 22.7 Å². The van der Waals surface area contributed by atoms with Gasteiger partial charge in [-0.1, -0.05) is 0 Å². The molecule has 0 bridgehead atoms. The molecule has 1 aliphatic carbocycles. The lowest BCUT2D eigenvalue weighted by Crippen LogP contribution is -2.33. The van der Waals surface area contributed by atoms with Gasteiger partial charge in [0.1, 0.15) is 6.04 Å². The summed E-state index contributed by atoms with van der Waals surface area (Å²) < 4.78 is 45.0. The lowest BCUT2D eigenvalue weighted by atomic mass is 10.2. The summed E-state index contributed by atoms with van der Waals surface area (Å²) in [4.78, 5) is 12.1. The van der Waals surface area contributed by atoms with Gasteiger partial charge in [0.25, 0.3) is 0 Å². The molecule has 1 aliphatic rings. The first-order chi connectivity index (χ1) is 10.8. The van der Waals surface area contributed by atoms with E-state index in [1.54, 1.807) is 6.92 Å². The van der Waals surface area contributed by atoms with E-state index in [9.17, 15) is 18.0 Å². The second kappa shape index (κ2) is 7.33. The third kappa shape index (κ3) is 4.70. The van der Waals surface area contributed by atoms with Crippen LogP contribution < -0.4 is 5.32 Å². The number of rotatable bonds is 8. The van der Waals surface area contributed by atoms with Crippen molar-refractivity contribution in [2.24, 2.45) is 0 Å². The molecule has 0 radical (unpaired) electrons. The lowest BCUT2D eigenvalue weighted by molar-refractivity contribution is -0.142. The second-order valence-electron chi connectivity index (χ2n) is 5.69. The molecule has 0 saturated heterocycles. The van der Waals surface area contributed by atoms with E-state index in [0.29, 0.717) is 31.9 Å². The van der Waals surface area contributed by atoms with Gasteiger partial charge in [-0.15, -0.1) is 0 Å². The van der Waals surface area contributed by atoms with Gasteiger partial charge in [0, 0.05) is 31.4 Å². The second-order valence-corrected chi connectivity index (χ2v) is 5.69. The minimum Gasteiger partial charge on any atom is -0.382 e. The zero-order valence-corrected chi connectivity index (χ0v) is 13.3. The summed E-state index contributed by atoms with van der Waals surface area (Å²) in [5.41, 5.74) is -0.440. The number of hydrogen-bond acceptors (Lipinski definition) is 3. The molecule has 1 saturated carbocycles. The molecular formula is C15H22F3N3O2. The standard InChI is InChI=1S/C15H22F3N3O2/c1-3-23-8-4-7-19-14(22)10(2)21-12(11-5-6-11)9-13(20-21)15(16,17)18/h9-11H,3-8H2,1-2H3,(H,19,22). The van der Waals surface area contributed by atoms with Gasteiger partial charge < -0.3 is 10.1 Å². The molecule has 1 unspecified atom stereocenters.